The second-order valence-electron chi connectivity index (χ2n) is 2.50. The molecular weight excluding hydrogens is 200 g/mol. The van der Waals surface area contributed by atoms with Gasteiger partial charge in [0, 0.05) is 23.2 Å². The molecule has 4 nitrogen and oxygen atoms in total. The zero-order valence-corrected chi connectivity index (χ0v) is 8.75. The number of nitrogens with zero attached hydrogens (tertiary/aromatic N) is 2. The molecule has 14 heavy (non-hydrogen) atoms. The Morgan fingerprint density at radius 3 is 2.79 bits per heavy atom. The first kappa shape index (κ1) is 10.7. The molecule has 0 radical (unpaired) electrons. The minimum atomic E-state index is -0.418. The van der Waals surface area contributed by atoms with E-state index >= 15 is 0 Å². The molecule has 1 rings (SSSR count). The molecule has 0 N–H and O–H groups in total. The molecule has 0 saturated heterocycles. The summed E-state index contributed by atoms with van der Waals surface area (Å²) in [6.07, 6.45) is 3.54. The molecule has 0 aromatic heterocycles. The molecule has 0 aliphatic heterocycles. The van der Waals surface area contributed by atoms with Crippen LogP contribution in [0.5, 0.6) is 0 Å². The summed E-state index contributed by atoms with van der Waals surface area (Å²) in [6, 6.07) is 4.68. The molecule has 74 valence electrons. The fourth-order valence-electron chi connectivity index (χ4n) is 1.03. The maximum absolute atomic E-state index is 10.5. The summed E-state index contributed by atoms with van der Waals surface area (Å²) in [7, 11) is 0. The van der Waals surface area contributed by atoms with Crippen LogP contribution in [0.3, 0.4) is 0 Å². The molecule has 0 fully saturated rings. The van der Waals surface area contributed by atoms with Gasteiger partial charge in [-0.05, 0) is 19.2 Å². The van der Waals surface area contributed by atoms with Crippen molar-refractivity contribution in [3.05, 3.63) is 28.3 Å². The maximum Gasteiger partial charge on any atom is 0.271 e. The molecule has 0 aliphatic carbocycles. The molecule has 0 unspecified atom stereocenters. The second-order valence-corrected chi connectivity index (χ2v) is 3.35. The maximum atomic E-state index is 10.5. The fraction of sp³-hybridized carbons (Fsp3) is 0.222. The van der Waals surface area contributed by atoms with E-state index in [2.05, 4.69) is 4.99 Å². The number of nitro benzene ring substituents is 1. The van der Waals surface area contributed by atoms with Crippen molar-refractivity contribution in [2.75, 3.05) is 6.26 Å². The van der Waals surface area contributed by atoms with Gasteiger partial charge in [0.25, 0.3) is 5.69 Å². The van der Waals surface area contributed by atoms with Crippen LogP contribution in [-0.2, 0) is 0 Å². The SMILES string of the molecule is CC=Nc1cc([N+](=O)[O-])ccc1SC. The van der Waals surface area contributed by atoms with Gasteiger partial charge in [0.15, 0.2) is 0 Å². The Hall–Kier alpha value is -1.36. The molecular formula is C9H10N2O2S. The molecule has 5 heteroatoms. The van der Waals surface area contributed by atoms with Crippen molar-refractivity contribution in [1.82, 2.24) is 0 Å². The van der Waals surface area contributed by atoms with E-state index in [1.807, 2.05) is 6.26 Å². The minimum Gasteiger partial charge on any atom is -0.260 e. The van der Waals surface area contributed by atoms with Gasteiger partial charge in [-0.15, -0.1) is 11.8 Å². The van der Waals surface area contributed by atoms with Crippen LogP contribution in [0.1, 0.15) is 6.92 Å². The van der Waals surface area contributed by atoms with Crippen LogP contribution in [0.15, 0.2) is 28.1 Å². The lowest BCUT2D eigenvalue weighted by Gasteiger charge is -2.00. The van der Waals surface area contributed by atoms with Gasteiger partial charge >= 0.3 is 0 Å². The van der Waals surface area contributed by atoms with Crippen molar-refractivity contribution in [2.24, 2.45) is 4.99 Å². The lowest BCUT2D eigenvalue weighted by Crippen LogP contribution is -1.87. The molecule has 0 bridgehead atoms. The summed E-state index contributed by atoms with van der Waals surface area (Å²) in [5.41, 5.74) is 0.720. The molecule has 0 atom stereocenters. The van der Waals surface area contributed by atoms with Gasteiger partial charge in [0.05, 0.1) is 10.6 Å². The van der Waals surface area contributed by atoms with Crippen molar-refractivity contribution >= 4 is 29.4 Å². The molecule has 0 spiro atoms. The lowest BCUT2D eigenvalue weighted by molar-refractivity contribution is -0.384. The summed E-state index contributed by atoms with van der Waals surface area (Å²) in [5, 5.41) is 10.5. The van der Waals surface area contributed by atoms with Crippen LogP contribution in [0.25, 0.3) is 0 Å². The Balaban J connectivity index is 3.20. The van der Waals surface area contributed by atoms with E-state index in [9.17, 15) is 10.1 Å². The first-order valence-electron chi connectivity index (χ1n) is 4.00. The van der Waals surface area contributed by atoms with Gasteiger partial charge in [-0.25, -0.2) is 0 Å². The molecule has 1 aromatic rings. The quantitative estimate of drug-likeness (QED) is 0.333. The average molecular weight is 210 g/mol. The number of thioether (sulfide) groups is 1. The molecule has 0 amide bonds. The summed E-state index contributed by atoms with van der Waals surface area (Å²) in [6.45, 7) is 1.78. The first-order valence-corrected chi connectivity index (χ1v) is 5.22. The largest absolute Gasteiger partial charge is 0.271 e. The fourth-order valence-corrected chi connectivity index (χ4v) is 1.56. The van der Waals surface area contributed by atoms with E-state index in [0.29, 0.717) is 5.69 Å². The number of hydrogen-bond donors (Lipinski definition) is 0. The third-order valence-corrected chi connectivity index (χ3v) is 2.43. The number of benzene rings is 1. The zero-order valence-electron chi connectivity index (χ0n) is 7.93. The van der Waals surface area contributed by atoms with Crippen LogP contribution < -0.4 is 0 Å². The lowest BCUT2D eigenvalue weighted by atomic mass is 10.3. The van der Waals surface area contributed by atoms with Gasteiger partial charge in [-0.3, -0.25) is 15.1 Å². The standard InChI is InChI=1S/C9H10N2O2S/c1-3-10-8-6-7(11(12)13)4-5-9(8)14-2/h3-6H,1-2H3. The summed E-state index contributed by atoms with van der Waals surface area (Å²) in [5.74, 6) is 0. The van der Waals surface area contributed by atoms with E-state index in [-0.39, 0.29) is 5.69 Å². The van der Waals surface area contributed by atoms with Crippen molar-refractivity contribution < 1.29 is 4.92 Å². The highest BCUT2D eigenvalue weighted by molar-refractivity contribution is 7.98. The number of rotatable bonds is 3. The highest BCUT2D eigenvalue weighted by Crippen LogP contribution is 2.31. The van der Waals surface area contributed by atoms with Crippen molar-refractivity contribution in [3.8, 4) is 0 Å². The third-order valence-electron chi connectivity index (χ3n) is 1.64. The predicted molar refractivity (Wildman–Crippen MR) is 58.7 cm³/mol. The second kappa shape index (κ2) is 4.76. The molecule has 0 saturated carbocycles. The van der Waals surface area contributed by atoms with Gasteiger partial charge in [-0.2, -0.15) is 0 Å². The van der Waals surface area contributed by atoms with Crippen LogP contribution in [0, 0.1) is 10.1 Å². The highest BCUT2D eigenvalue weighted by atomic mass is 32.2. The van der Waals surface area contributed by atoms with E-state index in [0.717, 1.165) is 4.90 Å². The first-order chi connectivity index (χ1) is 6.69. The van der Waals surface area contributed by atoms with Crippen LogP contribution >= 0.6 is 11.8 Å². The number of nitro groups is 1. The highest BCUT2D eigenvalue weighted by Gasteiger charge is 2.08. The van der Waals surface area contributed by atoms with Gasteiger partial charge in [0.2, 0.25) is 0 Å². The van der Waals surface area contributed by atoms with E-state index in [1.165, 1.54) is 23.9 Å². The van der Waals surface area contributed by atoms with Gasteiger partial charge in [-0.1, -0.05) is 0 Å². The van der Waals surface area contributed by atoms with Crippen molar-refractivity contribution in [1.29, 1.82) is 0 Å². The monoisotopic (exact) mass is 210 g/mol. The summed E-state index contributed by atoms with van der Waals surface area (Å²) in [4.78, 5) is 15.1. The van der Waals surface area contributed by atoms with Crippen LogP contribution in [0.2, 0.25) is 0 Å². The van der Waals surface area contributed by atoms with E-state index in [4.69, 9.17) is 0 Å². The Morgan fingerprint density at radius 2 is 2.29 bits per heavy atom. The molecule has 0 heterocycles. The minimum absolute atomic E-state index is 0.0726. The summed E-state index contributed by atoms with van der Waals surface area (Å²) < 4.78 is 0. The Kier molecular flexibility index (Phi) is 3.64. The Bertz CT molecular complexity index is 377. The van der Waals surface area contributed by atoms with Gasteiger partial charge in [0.1, 0.15) is 0 Å². The van der Waals surface area contributed by atoms with Crippen LogP contribution in [-0.4, -0.2) is 17.4 Å². The van der Waals surface area contributed by atoms with Crippen molar-refractivity contribution in [2.45, 2.75) is 11.8 Å². The topological polar surface area (TPSA) is 55.5 Å². The zero-order chi connectivity index (χ0) is 10.6. The normalized spacial score (nSPS) is 10.7. The third kappa shape index (κ3) is 2.32. The van der Waals surface area contributed by atoms with E-state index < -0.39 is 4.92 Å². The van der Waals surface area contributed by atoms with Gasteiger partial charge < -0.3 is 0 Å². The smallest absolute Gasteiger partial charge is 0.260 e. The average Bonchev–Trinajstić information content (AvgIpc) is 2.18. The number of hydrogen-bond acceptors (Lipinski definition) is 4. The Morgan fingerprint density at radius 1 is 1.57 bits per heavy atom. The van der Waals surface area contributed by atoms with Crippen molar-refractivity contribution in [3.63, 3.8) is 0 Å². The Labute approximate surface area is 86.2 Å². The number of non-ortho nitro benzene ring substituents is 1. The predicted octanol–water partition coefficient (Wildman–Crippen LogP) is 3.04. The number of aliphatic imine (C=N–C) groups is 1. The summed E-state index contributed by atoms with van der Waals surface area (Å²) >= 11 is 1.52. The molecule has 1 aromatic carbocycles. The molecule has 0 aliphatic rings. The van der Waals surface area contributed by atoms with E-state index in [1.54, 1.807) is 19.2 Å². The van der Waals surface area contributed by atoms with Crippen LogP contribution in [0.4, 0.5) is 11.4 Å².